The van der Waals surface area contributed by atoms with Crippen molar-refractivity contribution in [3.8, 4) is 11.5 Å². The van der Waals surface area contributed by atoms with E-state index in [1.165, 1.54) is 18.4 Å². The van der Waals surface area contributed by atoms with Crippen LogP contribution in [0.4, 0.5) is 13.2 Å². The predicted octanol–water partition coefficient (Wildman–Crippen LogP) is 4.59. The lowest BCUT2D eigenvalue weighted by Gasteiger charge is -2.09. The molecule has 0 radical (unpaired) electrons. The van der Waals surface area contributed by atoms with Crippen LogP contribution in [0.5, 0.6) is 0 Å². The first-order valence-electron chi connectivity index (χ1n) is 8.37. The molecule has 0 atom stereocenters. The largest absolute Gasteiger partial charge is 0.463 e. The van der Waals surface area contributed by atoms with Crippen molar-refractivity contribution in [1.29, 1.82) is 0 Å². The zero-order valence-electron chi connectivity index (χ0n) is 14.6. The van der Waals surface area contributed by atoms with Crippen LogP contribution in [0.1, 0.15) is 21.7 Å². The number of hydrogen-bond acceptors (Lipinski definition) is 4. The molecule has 0 saturated heterocycles. The number of nitrogens with zero attached hydrogens (tertiary/aromatic N) is 3. The molecule has 3 aromatic heterocycles. The molecule has 0 spiro atoms. The van der Waals surface area contributed by atoms with Crippen LogP contribution in [0, 0.1) is 0 Å². The van der Waals surface area contributed by atoms with Crippen molar-refractivity contribution in [3.63, 3.8) is 0 Å². The van der Waals surface area contributed by atoms with E-state index in [9.17, 15) is 18.0 Å². The van der Waals surface area contributed by atoms with Crippen LogP contribution in [0.3, 0.4) is 0 Å². The second-order valence-corrected chi connectivity index (χ2v) is 6.45. The number of benzene rings is 1. The minimum Gasteiger partial charge on any atom is -0.463 e. The van der Waals surface area contributed by atoms with E-state index in [0.29, 0.717) is 4.52 Å². The molecule has 1 aromatic carbocycles. The molecule has 29 heavy (non-hydrogen) atoms. The Hall–Kier alpha value is -3.33. The molecule has 10 heteroatoms. The van der Waals surface area contributed by atoms with Gasteiger partial charge in [-0.2, -0.15) is 18.3 Å². The van der Waals surface area contributed by atoms with E-state index in [-0.39, 0.29) is 34.4 Å². The summed E-state index contributed by atoms with van der Waals surface area (Å²) in [6, 6.07) is 12.8. The van der Waals surface area contributed by atoms with Gasteiger partial charge in [0.15, 0.2) is 22.8 Å². The number of hydrogen-bond donors (Lipinski definition) is 1. The Labute approximate surface area is 166 Å². The number of aromatic nitrogens is 3. The van der Waals surface area contributed by atoms with Gasteiger partial charge in [0.25, 0.3) is 5.91 Å². The molecule has 0 saturated carbocycles. The standard InChI is InChI=1S/C19H12ClF3N4O2/c20-15-16(18(28)24-10-11-5-2-1-3-6-11)26-27-14(19(21,22)23)9-12(25-17(15)27)13-7-4-8-29-13/h1-9H,10H2,(H,24,28). The Balaban J connectivity index is 1.76. The molecule has 0 aliphatic carbocycles. The van der Waals surface area contributed by atoms with Crippen LogP contribution in [-0.2, 0) is 12.7 Å². The maximum absolute atomic E-state index is 13.6. The summed E-state index contributed by atoms with van der Waals surface area (Å²) in [5, 5.41) is 6.08. The topological polar surface area (TPSA) is 72.4 Å². The van der Waals surface area contributed by atoms with Crippen molar-refractivity contribution in [1.82, 2.24) is 19.9 Å². The highest BCUT2D eigenvalue weighted by atomic mass is 35.5. The van der Waals surface area contributed by atoms with E-state index in [1.807, 2.05) is 6.07 Å². The van der Waals surface area contributed by atoms with Gasteiger partial charge in [-0.15, -0.1) is 0 Å². The van der Waals surface area contributed by atoms with Gasteiger partial charge in [-0.1, -0.05) is 41.9 Å². The van der Waals surface area contributed by atoms with Crippen molar-refractivity contribution in [2.75, 3.05) is 0 Å². The highest BCUT2D eigenvalue weighted by Gasteiger charge is 2.37. The Kier molecular flexibility index (Phi) is 4.75. The summed E-state index contributed by atoms with van der Waals surface area (Å²) in [7, 11) is 0. The van der Waals surface area contributed by atoms with Gasteiger partial charge in [-0.05, 0) is 23.8 Å². The molecule has 0 aliphatic rings. The van der Waals surface area contributed by atoms with Crippen LogP contribution in [0.2, 0.25) is 5.02 Å². The fourth-order valence-electron chi connectivity index (χ4n) is 2.75. The Morgan fingerprint density at radius 2 is 1.93 bits per heavy atom. The quantitative estimate of drug-likeness (QED) is 0.524. The Bertz CT molecular complexity index is 1170. The minimum atomic E-state index is -4.75. The third-order valence-corrected chi connectivity index (χ3v) is 4.46. The molecule has 6 nitrogen and oxygen atoms in total. The van der Waals surface area contributed by atoms with E-state index >= 15 is 0 Å². The first-order valence-corrected chi connectivity index (χ1v) is 8.75. The summed E-state index contributed by atoms with van der Waals surface area (Å²) in [5.41, 5.74) is -1.03. The van der Waals surface area contributed by atoms with Crippen molar-refractivity contribution in [2.24, 2.45) is 0 Å². The molecule has 148 valence electrons. The van der Waals surface area contributed by atoms with E-state index in [0.717, 1.165) is 11.6 Å². The van der Waals surface area contributed by atoms with Crippen LogP contribution < -0.4 is 5.32 Å². The average Bonchev–Trinajstić information content (AvgIpc) is 3.34. The second-order valence-electron chi connectivity index (χ2n) is 6.07. The van der Waals surface area contributed by atoms with Crippen molar-refractivity contribution >= 4 is 23.2 Å². The van der Waals surface area contributed by atoms with Crippen LogP contribution >= 0.6 is 11.6 Å². The number of furan rings is 1. The fourth-order valence-corrected chi connectivity index (χ4v) is 3.00. The molecule has 0 aliphatic heterocycles. The first-order chi connectivity index (χ1) is 13.8. The number of alkyl halides is 3. The first kappa shape index (κ1) is 19.0. The monoisotopic (exact) mass is 420 g/mol. The lowest BCUT2D eigenvalue weighted by atomic mass is 10.2. The SMILES string of the molecule is O=C(NCc1ccccc1)c1nn2c(C(F)(F)F)cc(-c3ccco3)nc2c1Cl. The maximum atomic E-state index is 13.6. The van der Waals surface area contributed by atoms with Gasteiger partial charge < -0.3 is 9.73 Å². The average molecular weight is 421 g/mol. The number of fused-ring (bicyclic) bond motifs is 1. The Morgan fingerprint density at radius 1 is 1.17 bits per heavy atom. The van der Waals surface area contributed by atoms with Crippen LogP contribution in [0.25, 0.3) is 17.1 Å². The second kappa shape index (κ2) is 7.25. The van der Waals surface area contributed by atoms with Crippen molar-refractivity contribution in [2.45, 2.75) is 12.7 Å². The zero-order chi connectivity index (χ0) is 20.6. The molecule has 0 fully saturated rings. The summed E-state index contributed by atoms with van der Waals surface area (Å²) < 4.78 is 46.4. The van der Waals surface area contributed by atoms with Gasteiger partial charge in [0.1, 0.15) is 10.7 Å². The van der Waals surface area contributed by atoms with Crippen LogP contribution in [-0.4, -0.2) is 20.5 Å². The lowest BCUT2D eigenvalue weighted by molar-refractivity contribution is -0.142. The molecule has 0 unspecified atom stereocenters. The molecule has 3 heterocycles. The summed E-state index contributed by atoms with van der Waals surface area (Å²) in [6.07, 6.45) is -3.44. The highest BCUT2D eigenvalue weighted by molar-refractivity contribution is 6.36. The molecular formula is C19H12ClF3N4O2. The summed E-state index contributed by atoms with van der Waals surface area (Å²) >= 11 is 6.18. The molecule has 4 rings (SSSR count). The van der Waals surface area contributed by atoms with E-state index < -0.39 is 17.8 Å². The minimum absolute atomic E-state index is 0.0760. The zero-order valence-corrected chi connectivity index (χ0v) is 15.3. The van der Waals surface area contributed by atoms with Gasteiger partial charge in [0, 0.05) is 6.54 Å². The number of halogens is 4. The fraction of sp³-hybridized carbons (Fsp3) is 0.105. The summed E-state index contributed by atoms with van der Waals surface area (Å²) in [6.45, 7) is 0.168. The summed E-state index contributed by atoms with van der Waals surface area (Å²) in [4.78, 5) is 16.6. The summed E-state index contributed by atoms with van der Waals surface area (Å²) in [5.74, 6) is -0.581. The van der Waals surface area contributed by atoms with Gasteiger partial charge in [-0.25, -0.2) is 9.50 Å². The van der Waals surface area contributed by atoms with E-state index in [4.69, 9.17) is 16.0 Å². The smallest absolute Gasteiger partial charge is 0.433 e. The van der Waals surface area contributed by atoms with Gasteiger partial charge >= 0.3 is 6.18 Å². The molecule has 1 N–H and O–H groups in total. The number of nitrogens with one attached hydrogen (secondary N) is 1. The molecule has 0 bridgehead atoms. The Morgan fingerprint density at radius 3 is 2.59 bits per heavy atom. The van der Waals surface area contributed by atoms with Crippen molar-refractivity contribution in [3.05, 3.63) is 76.8 Å². The van der Waals surface area contributed by atoms with Gasteiger partial charge in [-0.3, -0.25) is 4.79 Å². The third kappa shape index (κ3) is 3.68. The van der Waals surface area contributed by atoms with Gasteiger partial charge in [0.05, 0.1) is 6.26 Å². The highest BCUT2D eigenvalue weighted by Crippen LogP contribution is 2.34. The number of rotatable bonds is 4. The number of amides is 1. The lowest BCUT2D eigenvalue weighted by Crippen LogP contribution is -2.23. The van der Waals surface area contributed by atoms with Crippen molar-refractivity contribution < 1.29 is 22.4 Å². The van der Waals surface area contributed by atoms with Gasteiger partial charge in [0.2, 0.25) is 0 Å². The van der Waals surface area contributed by atoms with Crippen LogP contribution in [0.15, 0.2) is 59.2 Å². The molecule has 1 amide bonds. The predicted molar refractivity (Wildman–Crippen MR) is 98.3 cm³/mol. The molecular weight excluding hydrogens is 409 g/mol. The normalized spacial score (nSPS) is 11.7. The van der Waals surface area contributed by atoms with E-state index in [2.05, 4.69) is 15.4 Å². The number of carbonyl (C=O) groups excluding carboxylic acids is 1. The number of carbonyl (C=O) groups is 1. The maximum Gasteiger partial charge on any atom is 0.433 e. The van der Waals surface area contributed by atoms with E-state index in [1.54, 1.807) is 24.3 Å². The molecule has 4 aromatic rings. The third-order valence-electron chi connectivity index (χ3n) is 4.11.